The van der Waals surface area contributed by atoms with Gasteiger partial charge in [0, 0.05) is 37.9 Å². The largest absolute Gasteiger partial charge is 0.444 e. The third kappa shape index (κ3) is 4.72. The highest BCUT2D eigenvalue weighted by molar-refractivity contribution is 5.68. The average Bonchev–Trinajstić information content (AvgIpc) is 2.98. The number of nitrogens with one attached hydrogen (secondary N) is 1. The van der Waals surface area contributed by atoms with Gasteiger partial charge in [-0.25, -0.2) is 4.79 Å². The summed E-state index contributed by atoms with van der Waals surface area (Å²) in [5.41, 5.74) is 3.21. The number of nitrogens with zero attached hydrogens (tertiary/aromatic N) is 3. The van der Waals surface area contributed by atoms with E-state index in [1.165, 1.54) is 11.3 Å². The zero-order chi connectivity index (χ0) is 18.1. The monoisotopic (exact) mass is 336 g/mol. The van der Waals surface area contributed by atoms with Crippen LogP contribution in [0, 0.1) is 13.8 Å². The first-order valence-electron chi connectivity index (χ1n) is 8.80. The van der Waals surface area contributed by atoms with Crippen LogP contribution in [0.5, 0.6) is 0 Å². The van der Waals surface area contributed by atoms with Gasteiger partial charge in [-0.15, -0.1) is 0 Å². The Morgan fingerprint density at radius 2 is 2.08 bits per heavy atom. The molecule has 2 rings (SSSR count). The number of carbonyl (C=O) groups excluding carboxylic acids is 1. The van der Waals surface area contributed by atoms with Crippen LogP contribution in [0.3, 0.4) is 0 Å². The molecule has 2 unspecified atom stereocenters. The Bertz CT molecular complexity index is 589. The maximum absolute atomic E-state index is 12.1. The molecular weight excluding hydrogens is 304 g/mol. The second-order valence-electron chi connectivity index (χ2n) is 7.96. The zero-order valence-corrected chi connectivity index (χ0v) is 16.1. The van der Waals surface area contributed by atoms with Gasteiger partial charge in [0.1, 0.15) is 5.60 Å². The molecule has 1 fully saturated rings. The van der Waals surface area contributed by atoms with E-state index < -0.39 is 5.60 Å². The molecule has 0 aliphatic carbocycles. The van der Waals surface area contributed by atoms with Crippen molar-refractivity contribution in [2.24, 2.45) is 7.05 Å². The van der Waals surface area contributed by atoms with Gasteiger partial charge in [-0.3, -0.25) is 4.68 Å². The van der Waals surface area contributed by atoms with E-state index in [4.69, 9.17) is 4.74 Å². The Balaban J connectivity index is 1.85. The van der Waals surface area contributed by atoms with Crippen LogP contribution in [0.2, 0.25) is 0 Å². The van der Waals surface area contributed by atoms with Gasteiger partial charge >= 0.3 is 6.09 Å². The molecule has 136 valence electrons. The third-order valence-corrected chi connectivity index (χ3v) is 4.53. The number of aromatic nitrogens is 2. The number of rotatable bonds is 4. The van der Waals surface area contributed by atoms with Crippen molar-refractivity contribution in [2.75, 3.05) is 13.1 Å². The summed E-state index contributed by atoms with van der Waals surface area (Å²) in [6, 6.07) is 0.667. The lowest BCUT2D eigenvalue weighted by atomic mass is 10.0. The second-order valence-corrected chi connectivity index (χ2v) is 7.96. The van der Waals surface area contributed by atoms with Gasteiger partial charge in [0.05, 0.1) is 5.69 Å². The average molecular weight is 336 g/mol. The second kappa shape index (κ2) is 7.13. The van der Waals surface area contributed by atoms with Crippen molar-refractivity contribution in [1.29, 1.82) is 0 Å². The molecule has 1 aliphatic rings. The van der Waals surface area contributed by atoms with Crippen LogP contribution in [0.1, 0.15) is 51.1 Å². The Labute approximate surface area is 145 Å². The highest BCUT2D eigenvalue weighted by atomic mass is 16.6. The molecule has 1 saturated heterocycles. The summed E-state index contributed by atoms with van der Waals surface area (Å²) in [4.78, 5) is 13.9. The van der Waals surface area contributed by atoms with E-state index in [0.29, 0.717) is 18.6 Å². The van der Waals surface area contributed by atoms with E-state index >= 15 is 0 Å². The molecule has 24 heavy (non-hydrogen) atoms. The summed E-state index contributed by atoms with van der Waals surface area (Å²) in [5.74, 6) is 0. The van der Waals surface area contributed by atoms with Gasteiger partial charge in [0.15, 0.2) is 0 Å². The number of aryl methyl sites for hydroxylation is 2. The van der Waals surface area contributed by atoms with Crippen molar-refractivity contribution >= 4 is 6.09 Å². The minimum Gasteiger partial charge on any atom is -0.444 e. The Kier molecular flexibility index (Phi) is 5.58. The molecule has 1 N–H and O–H groups in total. The maximum Gasteiger partial charge on any atom is 0.410 e. The molecule has 0 radical (unpaired) electrons. The molecule has 0 aromatic carbocycles. The third-order valence-electron chi connectivity index (χ3n) is 4.53. The predicted molar refractivity (Wildman–Crippen MR) is 95.2 cm³/mol. The SMILES string of the molecule is Cc1nn(C)c(C)c1CC(C)NC1CCN(C(=O)OC(C)(C)C)C1. The predicted octanol–water partition coefficient (Wildman–Crippen LogP) is 2.57. The number of amides is 1. The molecule has 1 aromatic rings. The zero-order valence-electron chi connectivity index (χ0n) is 16.1. The van der Waals surface area contributed by atoms with E-state index in [9.17, 15) is 4.79 Å². The van der Waals surface area contributed by atoms with E-state index in [-0.39, 0.29) is 6.09 Å². The number of ether oxygens (including phenoxy) is 1. The van der Waals surface area contributed by atoms with Crippen molar-refractivity contribution in [1.82, 2.24) is 20.0 Å². The van der Waals surface area contributed by atoms with Crippen molar-refractivity contribution in [3.8, 4) is 0 Å². The normalized spacial score (nSPS) is 19.6. The van der Waals surface area contributed by atoms with E-state index in [2.05, 4.69) is 31.2 Å². The highest BCUT2D eigenvalue weighted by Crippen LogP contribution is 2.18. The first-order valence-corrected chi connectivity index (χ1v) is 8.80. The molecule has 1 amide bonds. The molecule has 2 atom stereocenters. The lowest BCUT2D eigenvalue weighted by molar-refractivity contribution is 0.0290. The fourth-order valence-electron chi connectivity index (χ4n) is 3.27. The molecule has 2 heterocycles. The molecular formula is C18H32N4O2. The van der Waals surface area contributed by atoms with Crippen LogP contribution < -0.4 is 5.32 Å². The van der Waals surface area contributed by atoms with Crippen LogP contribution >= 0.6 is 0 Å². The van der Waals surface area contributed by atoms with Crippen LogP contribution in [0.15, 0.2) is 0 Å². The van der Waals surface area contributed by atoms with Gasteiger partial charge in [0.25, 0.3) is 0 Å². The van der Waals surface area contributed by atoms with E-state index in [1.54, 1.807) is 4.90 Å². The van der Waals surface area contributed by atoms with E-state index in [1.807, 2.05) is 32.5 Å². The molecule has 0 saturated carbocycles. The fourth-order valence-corrected chi connectivity index (χ4v) is 3.27. The number of hydrogen-bond donors (Lipinski definition) is 1. The van der Waals surface area contributed by atoms with Crippen molar-refractivity contribution in [3.63, 3.8) is 0 Å². The van der Waals surface area contributed by atoms with Crippen LogP contribution in [0.25, 0.3) is 0 Å². The smallest absolute Gasteiger partial charge is 0.410 e. The van der Waals surface area contributed by atoms with Gasteiger partial charge in [-0.2, -0.15) is 5.10 Å². The standard InChI is InChI=1S/C18H32N4O2/c1-12(10-16-13(2)20-21(7)14(16)3)19-15-8-9-22(11-15)17(23)24-18(4,5)6/h12,15,19H,8-11H2,1-7H3. The van der Waals surface area contributed by atoms with Crippen LogP contribution in [-0.2, 0) is 18.2 Å². The topological polar surface area (TPSA) is 59.4 Å². The van der Waals surface area contributed by atoms with Gasteiger partial charge in [-0.1, -0.05) is 0 Å². The molecule has 1 aliphatic heterocycles. The lowest BCUT2D eigenvalue weighted by Gasteiger charge is -2.25. The number of hydrogen-bond acceptors (Lipinski definition) is 4. The summed E-state index contributed by atoms with van der Waals surface area (Å²) < 4.78 is 7.39. The lowest BCUT2D eigenvalue weighted by Crippen LogP contribution is -2.41. The Hall–Kier alpha value is -1.56. The van der Waals surface area contributed by atoms with Gasteiger partial charge < -0.3 is 15.0 Å². The Morgan fingerprint density at radius 3 is 2.62 bits per heavy atom. The van der Waals surface area contributed by atoms with Crippen molar-refractivity contribution in [3.05, 3.63) is 17.0 Å². The minimum absolute atomic E-state index is 0.210. The summed E-state index contributed by atoms with van der Waals surface area (Å²) in [7, 11) is 1.99. The minimum atomic E-state index is -0.439. The molecule has 0 spiro atoms. The first-order chi connectivity index (χ1) is 11.1. The van der Waals surface area contributed by atoms with Crippen LogP contribution in [-0.4, -0.2) is 51.5 Å². The summed E-state index contributed by atoms with van der Waals surface area (Å²) in [6.45, 7) is 13.5. The van der Waals surface area contributed by atoms with Crippen molar-refractivity contribution < 1.29 is 9.53 Å². The summed E-state index contributed by atoms with van der Waals surface area (Å²) in [6.07, 6.45) is 1.71. The quantitative estimate of drug-likeness (QED) is 0.918. The highest BCUT2D eigenvalue weighted by Gasteiger charge is 2.30. The summed E-state index contributed by atoms with van der Waals surface area (Å²) in [5, 5.41) is 8.14. The first kappa shape index (κ1) is 18.8. The molecule has 6 nitrogen and oxygen atoms in total. The Morgan fingerprint density at radius 1 is 1.42 bits per heavy atom. The van der Waals surface area contributed by atoms with Gasteiger partial charge in [0.2, 0.25) is 0 Å². The van der Waals surface area contributed by atoms with Crippen molar-refractivity contribution in [2.45, 2.75) is 72.1 Å². The fraction of sp³-hybridized carbons (Fsp3) is 0.778. The molecule has 1 aromatic heterocycles. The van der Waals surface area contributed by atoms with Gasteiger partial charge in [-0.05, 0) is 59.9 Å². The van der Waals surface area contributed by atoms with Crippen LogP contribution in [0.4, 0.5) is 4.79 Å². The number of likely N-dealkylation sites (tertiary alicyclic amines) is 1. The molecule has 0 bridgehead atoms. The number of carbonyl (C=O) groups is 1. The van der Waals surface area contributed by atoms with E-state index in [0.717, 1.165) is 25.1 Å². The maximum atomic E-state index is 12.1. The summed E-state index contributed by atoms with van der Waals surface area (Å²) >= 11 is 0. The molecule has 6 heteroatoms.